The molecule has 0 spiro atoms. The van der Waals surface area contributed by atoms with Crippen LogP contribution in [-0.2, 0) is 9.59 Å². The van der Waals surface area contributed by atoms with Crippen LogP contribution in [0.15, 0.2) is 48.5 Å². The van der Waals surface area contributed by atoms with Gasteiger partial charge in [0.2, 0.25) is 0 Å². The van der Waals surface area contributed by atoms with Crippen LogP contribution >= 0.6 is 0 Å². The minimum atomic E-state index is -0.478. The number of nitrogens with one attached hydrogen (secondary N) is 1. The minimum Gasteiger partial charge on any atom is -0.508 e. The van der Waals surface area contributed by atoms with Gasteiger partial charge in [-0.15, -0.1) is 0 Å². The highest BCUT2D eigenvalue weighted by Crippen LogP contribution is 2.32. The third-order valence-electron chi connectivity index (χ3n) is 3.24. The van der Waals surface area contributed by atoms with Crippen molar-refractivity contribution >= 4 is 23.0 Å². The first-order chi connectivity index (χ1) is 10.1. The number of amides is 2. The summed E-state index contributed by atoms with van der Waals surface area (Å²) in [6, 6.07) is 12.1. The predicted molar refractivity (Wildman–Crippen MR) is 76.2 cm³/mol. The van der Waals surface area contributed by atoms with E-state index in [4.69, 9.17) is 0 Å². The molecule has 2 aromatic carbocycles. The number of hydrogen-bond donors (Lipinski definition) is 3. The van der Waals surface area contributed by atoms with Gasteiger partial charge >= 0.3 is 0 Å². The maximum absolute atomic E-state index is 12.0. The van der Waals surface area contributed by atoms with E-state index in [0.717, 1.165) is 0 Å². The number of carbonyl (C=O) groups excluding carboxylic acids is 2. The SMILES string of the molecule is O=C1NC(=O)C(c2ccc(O)cc2)=C1c1ccc(O)cc1. The normalized spacial score (nSPS) is 14.5. The molecule has 0 saturated heterocycles. The highest BCUT2D eigenvalue weighted by atomic mass is 16.3. The second-order valence-corrected chi connectivity index (χ2v) is 4.63. The van der Waals surface area contributed by atoms with Gasteiger partial charge in [-0.25, -0.2) is 0 Å². The lowest BCUT2D eigenvalue weighted by Crippen LogP contribution is -2.22. The summed E-state index contributed by atoms with van der Waals surface area (Å²) in [5, 5.41) is 20.9. The van der Waals surface area contributed by atoms with Crippen LogP contribution in [0.3, 0.4) is 0 Å². The summed E-state index contributed by atoms with van der Waals surface area (Å²) in [6.45, 7) is 0. The Kier molecular flexibility index (Phi) is 2.95. The van der Waals surface area contributed by atoms with Crippen LogP contribution < -0.4 is 5.32 Å². The lowest BCUT2D eigenvalue weighted by atomic mass is 9.96. The van der Waals surface area contributed by atoms with Crippen LogP contribution in [0.5, 0.6) is 11.5 Å². The smallest absolute Gasteiger partial charge is 0.259 e. The molecule has 2 aromatic rings. The summed E-state index contributed by atoms with van der Waals surface area (Å²) in [6.07, 6.45) is 0. The number of benzene rings is 2. The largest absolute Gasteiger partial charge is 0.508 e. The van der Waals surface area contributed by atoms with Gasteiger partial charge in [-0.2, -0.15) is 0 Å². The molecule has 0 aliphatic carbocycles. The Hall–Kier alpha value is -3.08. The van der Waals surface area contributed by atoms with Gasteiger partial charge in [0.25, 0.3) is 11.8 Å². The first-order valence-corrected chi connectivity index (χ1v) is 6.25. The summed E-state index contributed by atoms with van der Waals surface area (Å²) < 4.78 is 0. The molecule has 3 N–H and O–H groups in total. The van der Waals surface area contributed by atoms with Crippen molar-refractivity contribution in [3.63, 3.8) is 0 Å². The van der Waals surface area contributed by atoms with E-state index in [0.29, 0.717) is 11.1 Å². The molecular formula is C16H11NO4. The summed E-state index contributed by atoms with van der Waals surface area (Å²) in [5.41, 5.74) is 1.59. The molecule has 0 fully saturated rings. The number of phenolic OH excluding ortho intramolecular Hbond substituents is 2. The van der Waals surface area contributed by atoms with Gasteiger partial charge in [0.1, 0.15) is 11.5 Å². The zero-order valence-corrected chi connectivity index (χ0v) is 10.8. The molecule has 0 unspecified atom stereocenters. The second kappa shape index (κ2) is 4.79. The zero-order valence-electron chi connectivity index (χ0n) is 10.8. The quantitative estimate of drug-likeness (QED) is 0.731. The molecule has 0 aromatic heterocycles. The average molecular weight is 281 g/mol. The molecular weight excluding hydrogens is 270 g/mol. The van der Waals surface area contributed by atoms with E-state index in [9.17, 15) is 19.8 Å². The standard InChI is InChI=1S/C16H11NO4/c18-11-5-1-9(2-6-11)13-14(16(21)17-15(13)20)10-3-7-12(19)8-4-10/h1-8,18-19H,(H,17,20,21). The van der Waals surface area contributed by atoms with E-state index in [1.54, 1.807) is 24.3 Å². The molecule has 104 valence electrons. The Bertz CT molecular complexity index is 692. The Morgan fingerprint density at radius 1 is 0.619 bits per heavy atom. The fraction of sp³-hybridized carbons (Fsp3) is 0. The molecule has 21 heavy (non-hydrogen) atoms. The van der Waals surface area contributed by atoms with Crippen LogP contribution in [0.4, 0.5) is 0 Å². The average Bonchev–Trinajstić information content (AvgIpc) is 2.75. The molecule has 1 aliphatic heterocycles. The summed E-state index contributed by atoms with van der Waals surface area (Å²) in [5.74, 6) is -0.798. The third kappa shape index (κ3) is 2.25. The highest BCUT2D eigenvalue weighted by molar-refractivity contribution is 6.49. The monoisotopic (exact) mass is 281 g/mol. The number of imide groups is 1. The maximum atomic E-state index is 12.0. The summed E-state index contributed by atoms with van der Waals surface area (Å²) in [4.78, 5) is 24.0. The third-order valence-corrected chi connectivity index (χ3v) is 3.24. The number of aromatic hydroxyl groups is 2. The Morgan fingerprint density at radius 2 is 0.952 bits per heavy atom. The highest BCUT2D eigenvalue weighted by Gasteiger charge is 2.31. The van der Waals surface area contributed by atoms with E-state index in [1.807, 2.05) is 0 Å². The molecule has 1 heterocycles. The van der Waals surface area contributed by atoms with Crippen LogP contribution in [0, 0.1) is 0 Å². The van der Waals surface area contributed by atoms with Gasteiger partial charge in [0.05, 0.1) is 11.1 Å². The molecule has 5 nitrogen and oxygen atoms in total. The van der Waals surface area contributed by atoms with E-state index < -0.39 is 11.8 Å². The molecule has 2 amide bonds. The lowest BCUT2D eigenvalue weighted by Gasteiger charge is -2.05. The van der Waals surface area contributed by atoms with Crippen molar-refractivity contribution in [3.05, 3.63) is 59.7 Å². The number of rotatable bonds is 2. The van der Waals surface area contributed by atoms with E-state index >= 15 is 0 Å². The van der Waals surface area contributed by atoms with Crippen molar-refractivity contribution in [1.29, 1.82) is 0 Å². The van der Waals surface area contributed by atoms with Crippen molar-refractivity contribution in [3.8, 4) is 11.5 Å². The molecule has 0 atom stereocenters. The topological polar surface area (TPSA) is 86.6 Å². The van der Waals surface area contributed by atoms with Gasteiger partial charge < -0.3 is 10.2 Å². The Balaban J connectivity index is 2.19. The van der Waals surface area contributed by atoms with E-state index in [1.165, 1.54) is 24.3 Å². The van der Waals surface area contributed by atoms with Gasteiger partial charge in [-0.1, -0.05) is 24.3 Å². The van der Waals surface area contributed by atoms with Crippen LogP contribution in [-0.4, -0.2) is 22.0 Å². The molecule has 0 radical (unpaired) electrons. The number of hydrogen-bond acceptors (Lipinski definition) is 4. The maximum Gasteiger partial charge on any atom is 0.259 e. The first-order valence-electron chi connectivity index (χ1n) is 6.25. The Morgan fingerprint density at radius 3 is 1.29 bits per heavy atom. The van der Waals surface area contributed by atoms with Gasteiger partial charge in [0.15, 0.2) is 0 Å². The molecule has 0 bridgehead atoms. The fourth-order valence-corrected chi connectivity index (χ4v) is 2.26. The molecule has 0 saturated carbocycles. The number of carbonyl (C=O) groups is 2. The van der Waals surface area contributed by atoms with E-state index in [-0.39, 0.29) is 22.6 Å². The zero-order chi connectivity index (χ0) is 15.0. The van der Waals surface area contributed by atoms with Gasteiger partial charge in [-0.05, 0) is 35.4 Å². The van der Waals surface area contributed by atoms with Crippen LogP contribution in [0.2, 0.25) is 0 Å². The fourth-order valence-electron chi connectivity index (χ4n) is 2.26. The van der Waals surface area contributed by atoms with Crippen molar-refractivity contribution in [2.75, 3.05) is 0 Å². The molecule has 5 heteroatoms. The first kappa shape index (κ1) is 12.9. The predicted octanol–water partition coefficient (Wildman–Crippen LogP) is 1.66. The van der Waals surface area contributed by atoms with Crippen molar-refractivity contribution in [2.24, 2.45) is 0 Å². The lowest BCUT2D eigenvalue weighted by molar-refractivity contribution is -0.122. The summed E-state index contributed by atoms with van der Waals surface area (Å²) >= 11 is 0. The second-order valence-electron chi connectivity index (χ2n) is 4.63. The van der Waals surface area contributed by atoms with Crippen molar-refractivity contribution in [2.45, 2.75) is 0 Å². The van der Waals surface area contributed by atoms with Crippen molar-refractivity contribution in [1.82, 2.24) is 5.32 Å². The van der Waals surface area contributed by atoms with E-state index in [2.05, 4.69) is 5.32 Å². The minimum absolute atomic E-state index is 0.0789. The molecule has 3 rings (SSSR count). The van der Waals surface area contributed by atoms with Crippen molar-refractivity contribution < 1.29 is 19.8 Å². The van der Waals surface area contributed by atoms with Crippen LogP contribution in [0.1, 0.15) is 11.1 Å². The number of phenols is 2. The van der Waals surface area contributed by atoms with Gasteiger partial charge in [-0.3, -0.25) is 14.9 Å². The Labute approximate surface area is 120 Å². The summed E-state index contributed by atoms with van der Waals surface area (Å²) in [7, 11) is 0. The molecule has 1 aliphatic rings. The van der Waals surface area contributed by atoms with Crippen LogP contribution in [0.25, 0.3) is 11.1 Å². The van der Waals surface area contributed by atoms with Gasteiger partial charge in [0, 0.05) is 0 Å².